The largest absolute Gasteiger partial charge is 0.497 e. The summed E-state index contributed by atoms with van der Waals surface area (Å²) < 4.78 is 21.8. The molecule has 0 aliphatic carbocycles. The number of ether oxygens (including phenoxy) is 4. The molecule has 1 aromatic rings. The molecular formula is C28H35N3O7S. The number of carbonyl (C=O) groups excluding carboxylic acids is 3. The van der Waals surface area contributed by atoms with E-state index in [1.54, 1.807) is 52.0 Å². The van der Waals surface area contributed by atoms with Crippen LogP contribution in [0.15, 0.2) is 45.6 Å². The zero-order valence-corrected chi connectivity index (χ0v) is 23.8. The van der Waals surface area contributed by atoms with Crippen molar-refractivity contribution in [3.8, 4) is 11.5 Å². The summed E-state index contributed by atoms with van der Waals surface area (Å²) >= 11 is 1.40. The van der Waals surface area contributed by atoms with Crippen molar-refractivity contribution in [3.63, 3.8) is 0 Å². The number of methoxy groups -OCH3 is 2. The molecule has 1 saturated heterocycles. The number of piperidine rings is 1. The summed E-state index contributed by atoms with van der Waals surface area (Å²) in [5.74, 6) is -0.00606. The third-order valence-electron chi connectivity index (χ3n) is 6.95. The Bertz CT molecular complexity index is 1230. The second-order valence-corrected chi connectivity index (χ2v) is 10.2. The Labute approximate surface area is 233 Å². The number of allylic oxidation sites excluding steroid dienone is 1. The molecule has 210 valence electrons. The number of carbonyl (C=O) groups is 3. The standard InChI is InChI=1S/C28H35N3O7S/c1-6-37-26(33)18-9-8-12-30(15-18)23(32)13-19-16-39-28-29-17(3)24(27(34)38-7-2)25(31(19)28)21-14-20(35-4)10-11-22(21)36-5/h10-11,14,16,18,25H,6-9,12-13,15H2,1-5H3/t18-,25+/m1/s1. The minimum atomic E-state index is -0.649. The summed E-state index contributed by atoms with van der Waals surface area (Å²) in [6, 6.07) is 4.76. The van der Waals surface area contributed by atoms with Gasteiger partial charge in [-0.25, -0.2) is 9.79 Å². The molecule has 1 fully saturated rings. The Morgan fingerprint density at radius 2 is 1.87 bits per heavy atom. The van der Waals surface area contributed by atoms with Crippen LogP contribution in [-0.4, -0.2) is 73.3 Å². The lowest BCUT2D eigenvalue weighted by Crippen LogP contribution is -2.44. The highest BCUT2D eigenvalue weighted by Crippen LogP contribution is 2.47. The number of likely N-dealkylation sites (tertiary alicyclic amines) is 1. The third-order valence-corrected chi connectivity index (χ3v) is 7.84. The van der Waals surface area contributed by atoms with Crippen LogP contribution in [0.5, 0.6) is 11.5 Å². The molecule has 0 aromatic heterocycles. The first kappa shape index (κ1) is 28.5. The van der Waals surface area contributed by atoms with Gasteiger partial charge in [-0.2, -0.15) is 0 Å². The molecule has 0 spiro atoms. The number of hydrogen-bond acceptors (Lipinski definition) is 10. The van der Waals surface area contributed by atoms with Crippen molar-refractivity contribution in [1.82, 2.24) is 9.80 Å². The zero-order valence-electron chi connectivity index (χ0n) is 23.0. The second-order valence-electron chi connectivity index (χ2n) is 9.33. The van der Waals surface area contributed by atoms with Crippen LogP contribution in [0.2, 0.25) is 0 Å². The first-order chi connectivity index (χ1) is 18.8. The molecule has 3 aliphatic rings. The van der Waals surface area contributed by atoms with Crippen LogP contribution < -0.4 is 9.47 Å². The van der Waals surface area contributed by atoms with Crippen molar-refractivity contribution in [1.29, 1.82) is 0 Å². The normalized spacial score (nSPS) is 20.6. The van der Waals surface area contributed by atoms with E-state index in [-0.39, 0.29) is 30.8 Å². The summed E-state index contributed by atoms with van der Waals surface area (Å²) in [6.07, 6.45) is 1.52. The van der Waals surface area contributed by atoms with Gasteiger partial charge in [-0.05, 0) is 57.2 Å². The lowest BCUT2D eigenvalue weighted by Gasteiger charge is -2.37. The maximum Gasteiger partial charge on any atom is 0.338 e. The highest BCUT2D eigenvalue weighted by molar-refractivity contribution is 8.16. The van der Waals surface area contributed by atoms with E-state index in [9.17, 15) is 14.4 Å². The van der Waals surface area contributed by atoms with Gasteiger partial charge in [0, 0.05) is 24.4 Å². The van der Waals surface area contributed by atoms with E-state index in [0.717, 1.165) is 6.42 Å². The average molecular weight is 558 g/mol. The molecule has 0 N–H and O–H groups in total. The fraction of sp³-hybridized carbons (Fsp3) is 0.500. The molecule has 1 amide bonds. The summed E-state index contributed by atoms with van der Waals surface area (Å²) in [6.45, 7) is 6.75. The van der Waals surface area contributed by atoms with Crippen molar-refractivity contribution >= 4 is 34.8 Å². The number of amidine groups is 1. The van der Waals surface area contributed by atoms with Crippen LogP contribution in [0.1, 0.15) is 51.6 Å². The molecule has 3 heterocycles. The quantitative estimate of drug-likeness (QED) is 0.416. The molecule has 39 heavy (non-hydrogen) atoms. The van der Waals surface area contributed by atoms with Crippen molar-refractivity contribution in [2.75, 3.05) is 40.5 Å². The Morgan fingerprint density at radius 3 is 2.56 bits per heavy atom. The van der Waals surface area contributed by atoms with Gasteiger partial charge in [0.25, 0.3) is 0 Å². The fourth-order valence-corrected chi connectivity index (χ4v) is 6.07. The Kier molecular flexibility index (Phi) is 9.21. The van der Waals surface area contributed by atoms with Gasteiger partial charge < -0.3 is 28.7 Å². The number of aliphatic imine (C=N–C) groups is 1. The maximum absolute atomic E-state index is 13.5. The topological polar surface area (TPSA) is 107 Å². The molecule has 2 atom stereocenters. The first-order valence-corrected chi connectivity index (χ1v) is 14.0. The highest BCUT2D eigenvalue weighted by atomic mass is 32.2. The summed E-state index contributed by atoms with van der Waals surface area (Å²) in [4.78, 5) is 47.4. The summed E-state index contributed by atoms with van der Waals surface area (Å²) in [7, 11) is 3.14. The lowest BCUT2D eigenvalue weighted by molar-refractivity contribution is -0.151. The van der Waals surface area contributed by atoms with Gasteiger partial charge in [-0.3, -0.25) is 9.59 Å². The Hall–Kier alpha value is -3.47. The number of esters is 2. The van der Waals surface area contributed by atoms with Crippen molar-refractivity contribution in [3.05, 3.63) is 46.1 Å². The smallest absolute Gasteiger partial charge is 0.338 e. The maximum atomic E-state index is 13.5. The summed E-state index contributed by atoms with van der Waals surface area (Å²) in [5, 5.41) is 2.55. The van der Waals surface area contributed by atoms with Gasteiger partial charge in [0.2, 0.25) is 5.91 Å². The molecule has 1 aromatic carbocycles. The molecule has 0 bridgehead atoms. The number of benzene rings is 1. The van der Waals surface area contributed by atoms with Crippen LogP contribution in [0.3, 0.4) is 0 Å². The van der Waals surface area contributed by atoms with E-state index in [0.29, 0.717) is 65.3 Å². The number of rotatable bonds is 9. The predicted octanol–water partition coefficient (Wildman–Crippen LogP) is 4.03. The summed E-state index contributed by atoms with van der Waals surface area (Å²) in [5.41, 5.74) is 2.30. The second kappa shape index (κ2) is 12.6. The Balaban J connectivity index is 1.68. The molecule has 0 radical (unpaired) electrons. The van der Waals surface area contributed by atoms with Crippen LogP contribution in [0, 0.1) is 5.92 Å². The first-order valence-electron chi connectivity index (χ1n) is 13.1. The van der Waals surface area contributed by atoms with E-state index < -0.39 is 12.0 Å². The van der Waals surface area contributed by atoms with Crippen LogP contribution >= 0.6 is 11.8 Å². The van der Waals surface area contributed by atoms with E-state index in [2.05, 4.69) is 0 Å². The van der Waals surface area contributed by atoms with E-state index >= 15 is 0 Å². The fourth-order valence-electron chi connectivity index (χ4n) is 5.11. The number of thioether (sulfide) groups is 1. The zero-order chi connectivity index (χ0) is 28.1. The molecule has 0 unspecified atom stereocenters. The van der Waals surface area contributed by atoms with Gasteiger partial charge in [-0.15, -0.1) is 0 Å². The van der Waals surface area contributed by atoms with Crippen LogP contribution in [-0.2, 0) is 23.9 Å². The van der Waals surface area contributed by atoms with Crippen molar-refractivity contribution < 1.29 is 33.3 Å². The van der Waals surface area contributed by atoms with Gasteiger partial charge in [0.05, 0.1) is 57.1 Å². The molecule has 4 rings (SSSR count). The SMILES string of the molecule is CCOC(=O)C1=C(C)N=C2SC=C(CC(=O)N3CCC[C@@H](C(=O)OCC)C3)N2[C@H]1c1cc(OC)ccc1OC. The number of fused-ring (bicyclic) bond motifs is 1. The van der Waals surface area contributed by atoms with Crippen molar-refractivity contribution in [2.24, 2.45) is 10.9 Å². The van der Waals surface area contributed by atoms with E-state index in [1.165, 1.54) is 11.8 Å². The number of amides is 1. The molecule has 3 aliphatic heterocycles. The number of nitrogens with zero attached hydrogens (tertiary/aromatic N) is 3. The third kappa shape index (κ3) is 5.93. The van der Waals surface area contributed by atoms with Gasteiger partial charge in [0.15, 0.2) is 5.17 Å². The lowest BCUT2D eigenvalue weighted by atomic mass is 9.92. The van der Waals surface area contributed by atoms with Crippen LogP contribution in [0.4, 0.5) is 0 Å². The molecule has 10 nitrogen and oxygen atoms in total. The highest BCUT2D eigenvalue weighted by Gasteiger charge is 2.43. The van der Waals surface area contributed by atoms with Crippen LogP contribution in [0.25, 0.3) is 0 Å². The average Bonchev–Trinajstić information content (AvgIpc) is 3.33. The predicted molar refractivity (Wildman–Crippen MR) is 147 cm³/mol. The molecule has 0 saturated carbocycles. The van der Waals surface area contributed by atoms with E-state index in [4.69, 9.17) is 23.9 Å². The Morgan fingerprint density at radius 1 is 1.10 bits per heavy atom. The minimum absolute atomic E-state index is 0.0828. The number of hydrogen-bond donors (Lipinski definition) is 0. The van der Waals surface area contributed by atoms with Gasteiger partial charge >= 0.3 is 11.9 Å². The molecule has 11 heteroatoms. The van der Waals surface area contributed by atoms with Crippen molar-refractivity contribution in [2.45, 2.75) is 46.1 Å². The molecular weight excluding hydrogens is 522 g/mol. The monoisotopic (exact) mass is 557 g/mol. The van der Waals surface area contributed by atoms with E-state index in [1.807, 2.05) is 16.4 Å². The minimum Gasteiger partial charge on any atom is -0.497 e. The van der Waals surface area contributed by atoms with Gasteiger partial charge in [-0.1, -0.05) is 11.8 Å². The van der Waals surface area contributed by atoms with Gasteiger partial charge in [0.1, 0.15) is 11.5 Å².